The maximum atomic E-state index is 12.9. The molecule has 1 heterocycles. The maximum Gasteiger partial charge on any atom is 0.265 e. The Balaban J connectivity index is 1.46. The second-order valence-electron chi connectivity index (χ2n) is 7.23. The van der Waals surface area contributed by atoms with E-state index in [0.717, 1.165) is 16.7 Å². The number of carbonyl (C=O) groups is 1. The molecule has 1 aliphatic heterocycles. The highest BCUT2D eigenvalue weighted by Crippen LogP contribution is 2.41. The van der Waals surface area contributed by atoms with Gasteiger partial charge in [-0.25, -0.2) is 8.42 Å². The first kappa shape index (κ1) is 19.3. The monoisotopic (exact) mass is 410 g/mol. The van der Waals surface area contributed by atoms with Gasteiger partial charge in [-0.3, -0.25) is 9.10 Å². The van der Waals surface area contributed by atoms with Crippen molar-refractivity contribution in [3.8, 4) is 5.75 Å². The average Bonchev–Trinajstić information content (AvgIpc) is 2.90. The van der Waals surface area contributed by atoms with Gasteiger partial charge in [0.15, 0.2) is 0 Å². The summed E-state index contributed by atoms with van der Waals surface area (Å²) in [6.45, 7) is 3.97. The summed E-state index contributed by atoms with van der Waals surface area (Å²) in [5, 5.41) is 4.31. The first-order valence-corrected chi connectivity index (χ1v) is 10.9. The van der Waals surface area contributed by atoms with Crippen LogP contribution in [-0.2, 0) is 21.4 Å². The summed E-state index contributed by atoms with van der Waals surface area (Å²) < 4.78 is 32.6. The Morgan fingerprint density at radius 2 is 1.72 bits per heavy atom. The smallest absolute Gasteiger partial charge is 0.265 e. The van der Waals surface area contributed by atoms with Gasteiger partial charge in [0.1, 0.15) is 12.3 Å². The molecule has 29 heavy (non-hydrogen) atoms. The Labute approximate surface area is 170 Å². The van der Waals surface area contributed by atoms with Gasteiger partial charge >= 0.3 is 0 Å². The second kappa shape index (κ2) is 7.40. The van der Waals surface area contributed by atoms with E-state index in [1.807, 2.05) is 50.2 Å². The van der Waals surface area contributed by atoms with E-state index in [4.69, 9.17) is 4.74 Å². The van der Waals surface area contributed by atoms with Crippen LogP contribution in [0.1, 0.15) is 19.4 Å². The zero-order valence-corrected chi connectivity index (χ0v) is 17.1. The third-order valence-electron chi connectivity index (χ3n) is 4.75. The molecule has 0 saturated carbocycles. The molecule has 1 N–H and O–H groups in total. The number of rotatable bonds is 6. The summed E-state index contributed by atoms with van der Waals surface area (Å²) in [5.74, 6) is 0.407. The number of benzene rings is 3. The number of nitrogens with zero attached hydrogens (tertiary/aromatic N) is 1. The number of sulfonamides is 1. The van der Waals surface area contributed by atoms with E-state index < -0.39 is 10.0 Å². The van der Waals surface area contributed by atoms with Crippen LogP contribution in [0.15, 0.2) is 65.6 Å². The largest absolute Gasteiger partial charge is 0.491 e. The molecule has 1 amide bonds. The highest BCUT2D eigenvalue weighted by atomic mass is 32.2. The highest BCUT2D eigenvalue weighted by molar-refractivity contribution is 7.93. The van der Waals surface area contributed by atoms with Crippen LogP contribution in [0, 0.1) is 0 Å². The summed E-state index contributed by atoms with van der Waals surface area (Å²) in [4.78, 5) is 12.8. The normalized spacial score (nSPS) is 14.4. The van der Waals surface area contributed by atoms with Gasteiger partial charge in [-0.2, -0.15) is 0 Å². The van der Waals surface area contributed by atoms with E-state index in [1.54, 1.807) is 24.3 Å². The third kappa shape index (κ3) is 3.65. The molecule has 1 aliphatic rings. The van der Waals surface area contributed by atoms with Crippen molar-refractivity contribution >= 4 is 32.4 Å². The number of nitrogens with one attached hydrogen (secondary N) is 1. The minimum Gasteiger partial charge on any atom is -0.491 e. The minimum absolute atomic E-state index is 0.0940. The fourth-order valence-electron chi connectivity index (χ4n) is 3.47. The van der Waals surface area contributed by atoms with Crippen molar-refractivity contribution in [3.05, 3.63) is 66.2 Å². The number of ether oxygens (including phenoxy) is 1. The van der Waals surface area contributed by atoms with Crippen molar-refractivity contribution in [1.82, 2.24) is 5.32 Å². The third-order valence-corrected chi connectivity index (χ3v) is 6.56. The van der Waals surface area contributed by atoms with Crippen LogP contribution in [0.3, 0.4) is 0 Å². The van der Waals surface area contributed by atoms with E-state index in [2.05, 4.69) is 5.32 Å². The number of anilines is 1. The lowest BCUT2D eigenvalue weighted by atomic mass is 10.1. The second-order valence-corrected chi connectivity index (χ2v) is 9.06. The Kier molecular flexibility index (Phi) is 4.92. The molecule has 0 spiro atoms. The molecule has 3 aromatic carbocycles. The van der Waals surface area contributed by atoms with Gasteiger partial charge < -0.3 is 10.1 Å². The summed E-state index contributed by atoms with van der Waals surface area (Å²) in [7, 11) is -3.74. The van der Waals surface area contributed by atoms with Crippen LogP contribution < -0.4 is 14.4 Å². The molecule has 0 aliphatic carbocycles. The van der Waals surface area contributed by atoms with Crippen LogP contribution in [0.25, 0.3) is 10.8 Å². The van der Waals surface area contributed by atoms with Crippen LogP contribution in [0.2, 0.25) is 0 Å². The molecular formula is C22H22N2O4S. The number of hydrogen-bond donors (Lipinski definition) is 1. The van der Waals surface area contributed by atoms with Crippen LogP contribution in [0.5, 0.6) is 5.75 Å². The lowest BCUT2D eigenvalue weighted by molar-refractivity contribution is -0.119. The summed E-state index contributed by atoms with van der Waals surface area (Å²) >= 11 is 0. The first-order chi connectivity index (χ1) is 13.9. The average molecular weight is 410 g/mol. The summed E-state index contributed by atoms with van der Waals surface area (Å²) in [6.07, 6.45) is 0.0940. The molecule has 0 unspecified atom stereocenters. The Bertz CT molecular complexity index is 1170. The lowest BCUT2D eigenvalue weighted by Crippen LogP contribution is -2.38. The van der Waals surface area contributed by atoms with E-state index >= 15 is 0 Å². The molecule has 6 nitrogen and oxygen atoms in total. The van der Waals surface area contributed by atoms with Gasteiger partial charge in [-0.05, 0) is 49.1 Å². The molecule has 0 aromatic heterocycles. The number of amides is 1. The van der Waals surface area contributed by atoms with Gasteiger partial charge in [0.25, 0.3) is 10.0 Å². The van der Waals surface area contributed by atoms with E-state index in [1.165, 1.54) is 4.31 Å². The quantitative estimate of drug-likeness (QED) is 0.675. The fraction of sp³-hybridized carbons (Fsp3) is 0.227. The van der Waals surface area contributed by atoms with Gasteiger partial charge in [0, 0.05) is 11.9 Å². The van der Waals surface area contributed by atoms with Crippen molar-refractivity contribution in [1.29, 1.82) is 0 Å². The lowest BCUT2D eigenvalue weighted by Gasteiger charge is -2.18. The van der Waals surface area contributed by atoms with Crippen LogP contribution >= 0.6 is 0 Å². The molecule has 0 atom stereocenters. The Hall–Kier alpha value is -3.06. The molecule has 0 radical (unpaired) electrons. The zero-order chi connectivity index (χ0) is 20.6. The summed E-state index contributed by atoms with van der Waals surface area (Å²) in [6, 6.07) is 18.0. The predicted molar refractivity (Wildman–Crippen MR) is 113 cm³/mol. The van der Waals surface area contributed by atoms with Crippen LogP contribution in [-0.4, -0.2) is 27.0 Å². The van der Waals surface area contributed by atoms with Gasteiger partial charge in [0.2, 0.25) is 5.91 Å². The molecule has 0 fully saturated rings. The van der Waals surface area contributed by atoms with Crippen LogP contribution in [0.4, 0.5) is 5.69 Å². The molecule has 3 aromatic rings. The fourth-order valence-corrected chi connectivity index (χ4v) is 5.14. The molecule has 0 bridgehead atoms. The predicted octanol–water partition coefficient (Wildman–Crippen LogP) is 3.45. The number of carbonyl (C=O) groups excluding carboxylic acids is 1. The van der Waals surface area contributed by atoms with E-state index in [9.17, 15) is 13.2 Å². The maximum absolute atomic E-state index is 12.9. The molecular weight excluding hydrogens is 388 g/mol. The van der Waals surface area contributed by atoms with Gasteiger partial charge in [-0.15, -0.1) is 0 Å². The molecule has 0 saturated heterocycles. The molecule has 4 rings (SSSR count). The van der Waals surface area contributed by atoms with E-state index in [-0.39, 0.29) is 23.5 Å². The number of hydrogen-bond acceptors (Lipinski definition) is 4. The van der Waals surface area contributed by atoms with Crippen molar-refractivity contribution in [3.63, 3.8) is 0 Å². The van der Waals surface area contributed by atoms with Gasteiger partial charge in [0.05, 0.1) is 16.7 Å². The standard InChI is InChI=1S/C22H22N2O4S/c1-15(2)28-18-11-9-16(10-12-18)13-23-21(25)14-24-19-7-3-5-17-6-4-8-20(22(17)19)29(24,26)27/h3-12,15H,13-14H2,1-2H3,(H,23,25). The van der Waals surface area contributed by atoms with Crippen molar-refractivity contribution < 1.29 is 17.9 Å². The van der Waals surface area contributed by atoms with Crippen molar-refractivity contribution in [2.45, 2.75) is 31.4 Å². The topological polar surface area (TPSA) is 75.7 Å². The van der Waals surface area contributed by atoms with Gasteiger partial charge in [-0.1, -0.05) is 36.4 Å². The SMILES string of the molecule is CC(C)Oc1ccc(CNC(=O)CN2c3cccc4cccc(c34)S2(=O)=O)cc1. The Morgan fingerprint density at radius 1 is 1.03 bits per heavy atom. The zero-order valence-electron chi connectivity index (χ0n) is 16.3. The minimum atomic E-state index is -3.74. The molecule has 7 heteroatoms. The van der Waals surface area contributed by atoms with E-state index in [0.29, 0.717) is 17.6 Å². The first-order valence-electron chi connectivity index (χ1n) is 9.43. The molecule has 150 valence electrons. The van der Waals surface area contributed by atoms with Crippen molar-refractivity contribution in [2.24, 2.45) is 0 Å². The summed E-state index contributed by atoms with van der Waals surface area (Å²) in [5.41, 5.74) is 1.45. The Morgan fingerprint density at radius 3 is 2.41 bits per heavy atom. The highest BCUT2D eigenvalue weighted by Gasteiger charge is 2.36. The van der Waals surface area contributed by atoms with Crippen molar-refractivity contribution in [2.75, 3.05) is 10.8 Å².